The molecule has 3 nitrogen and oxygen atoms in total. The van der Waals surface area contributed by atoms with Crippen molar-refractivity contribution in [3.63, 3.8) is 0 Å². The van der Waals surface area contributed by atoms with E-state index in [-0.39, 0.29) is 0 Å². The predicted octanol–water partition coefficient (Wildman–Crippen LogP) is 4.35. The molecular weight excluding hydrogens is 256 g/mol. The molecule has 1 aliphatic carbocycles. The van der Waals surface area contributed by atoms with Crippen molar-refractivity contribution in [2.24, 2.45) is 0 Å². The minimum absolute atomic E-state index is 0.683. The first-order chi connectivity index (χ1) is 9.26. The zero-order valence-corrected chi connectivity index (χ0v) is 14.0. The smallest absolute Gasteiger partial charge is 0.374 e. The van der Waals surface area contributed by atoms with Crippen molar-refractivity contribution in [2.45, 2.75) is 71.8 Å². The lowest BCUT2D eigenvalue weighted by atomic mass is 9.86. The minimum Gasteiger partial charge on any atom is -0.374 e. The summed E-state index contributed by atoms with van der Waals surface area (Å²) in [6.45, 7) is 8.12. The molecule has 0 aromatic heterocycles. The average molecular weight is 287 g/mol. The normalized spacial score (nSPS) is 17.8. The second-order valence-electron chi connectivity index (χ2n) is 5.15. The van der Waals surface area contributed by atoms with E-state index in [0.29, 0.717) is 19.8 Å². The lowest BCUT2D eigenvalue weighted by molar-refractivity contribution is 0.0707. The lowest BCUT2D eigenvalue weighted by Gasteiger charge is -2.29. The van der Waals surface area contributed by atoms with Gasteiger partial charge in [0, 0.05) is 25.9 Å². The molecule has 1 saturated carbocycles. The van der Waals surface area contributed by atoms with Gasteiger partial charge in [-0.2, -0.15) is 0 Å². The van der Waals surface area contributed by atoms with Gasteiger partial charge in [0.15, 0.2) is 0 Å². The van der Waals surface area contributed by atoms with Crippen molar-refractivity contribution < 1.29 is 13.3 Å². The van der Waals surface area contributed by atoms with Gasteiger partial charge in [-0.15, -0.1) is 0 Å². The fraction of sp³-hybridized carbons (Fsp3) is 0.933. The Morgan fingerprint density at radius 1 is 0.842 bits per heavy atom. The third-order valence-electron chi connectivity index (χ3n) is 3.67. The number of hydrogen-bond acceptors (Lipinski definition) is 3. The minimum atomic E-state index is -2.39. The summed E-state index contributed by atoms with van der Waals surface area (Å²) in [7, 11) is -2.39. The van der Waals surface area contributed by atoms with Gasteiger partial charge in [-0.1, -0.05) is 19.3 Å². The highest BCUT2D eigenvalue weighted by Gasteiger charge is 2.39. The Labute approximate surface area is 120 Å². The van der Waals surface area contributed by atoms with E-state index in [1.807, 2.05) is 20.8 Å². The summed E-state index contributed by atoms with van der Waals surface area (Å²) in [4.78, 5) is 0. The summed E-state index contributed by atoms with van der Waals surface area (Å²) in [6.07, 6.45) is 9.27. The molecule has 1 fully saturated rings. The van der Waals surface area contributed by atoms with Crippen molar-refractivity contribution in [1.29, 1.82) is 0 Å². The maximum Gasteiger partial charge on any atom is 0.500 e. The Morgan fingerprint density at radius 2 is 1.37 bits per heavy atom. The molecule has 0 N–H and O–H groups in total. The van der Waals surface area contributed by atoms with Crippen LogP contribution in [0.15, 0.2) is 0 Å². The third-order valence-corrected chi connectivity index (χ3v) is 6.82. The van der Waals surface area contributed by atoms with Gasteiger partial charge >= 0.3 is 8.80 Å². The van der Waals surface area contributed by atoms with Crippen LogP contribution in [0.4, 0.5) is 0 Å². The van der Waals surface area contributed by atoms with Crippen LogP contribution in [0.1, 0.15) is 65.7 Å². The summed E-state index contributed by atoms with van der Waals surface area (Å²) in [6, 6.07) is 0.964. The first-order valence-corrected chi connectivity index (χ1v) is 9.95. The van der Waals surface area contributed by atoms with Crippen LogP contribution < -0.4 is 0 Å². The summed E-state index contributed by atoms with van der Waals surface area (Å²) in [5.74, 6) is 1.75. The van der Waals surface area contributed by atoms with Crippen molar-refractivity contribution >= 4 is 8.80 Å². The van der Waals surface area contributed by atoms with E-state index in [1.54, 1.807) is 5.92 Å². The fourth-order valence-electron chi connectivity index (χ4n) is 2.86. The molecule has 1 aliphatic rings. The average Bonchev–Trinajstić information content (AvgIpc) is 2.41. The van der Waals surface area contributed by atoms with Gasteiger partial charge in [0.05, 0.1) is 0 Å². The number of hydrogen-bond donors (Lipinski definition) is 0. The predicted molar refractivity (Wildman–Crippen MR) is 81.0 cm³/mol. The largest absolute Gasteiger partial charge is 0.500 e. The van der Waals surface area contributed by atoms with Crippen LogP contribution in [0.3, 0.4) is 0 Å². The van der Waals surface area contributed by atoms with Crippen LogP contribution in [0.5, 0.6) is 0 Å². The number of rotatable bonds is 10. The fourth-order valence-corrected chi connectivity index (χ4v) is 5.47. The van der Waals surface area contributed by atoms with E-state index in [0.717, 1.165) is 12.5 Å². The second-order valence-corrected chi connectivity index (χ2v) is 7.88. The molecule has 0 saturated heterocycles. The zero-order valence-electron chi connectivity index (χ0n) is 13.0. The maximum absolute atomic E-state index is 5.89. The topological polar surface area (TPSA) is 27.7 Å². The van der Waals surface area contributed by atoms with Gasteiger partial charge in [-0.25, -0.2) is 0 Å². The summed E-state index contributed by atoms with van der Waals surface area (Å²) in [5.41, 5.74) is 0. The van der Waals surface area contributed by atoms with E-state index in [2.05, 4.69) is 0 Å². The van der Waals surface area contributed by atoms with Crippen LogP contribution in [0, 0.1) is 5.92 Å². The molecule has 0 bridgehead atoms. The highest BCUT2D eigenvalue weighted by molar-refractivity contribution is 6.60. The van der Waals surface area contributed by atoms with Crippen molar-refractivity contribution in [1.82, 2.24) is 0 Å². The first kappa shape index (κ1) is 17.1. The van der Waals surface area contributed by atoms with Gasteiger partial charge in [0.1, 0.15) is 0 Å². The SMILES string of the molecule is CCO[Si](CCC[C]1CCCCC1)(OCC)OCC. The third kappa shape index (κ3) is 6.39. The molecule has 0 amide bonds. The molecule has 0 spiro atoms. The van der Waals surface area contributed by atoms with Gasteiger partial charge in [0.25, 0.3) is 0 Å². The molecule has 4 heteroatoms. The van der Waals surface area contributed by atoms with Crippen LogP contribution in [0.25, 0.3) is 0 Å². The highest BCUT2D eigenvalue weighted by atomic mass is 28.4. The highest BCUT2D eigenvalue weighted by Crippen LogP contribution is 2.31. The van der Waals surface area contributed by atoms with Gasteiger partial charge in [-0.3, -0.25) is 0 Å². The molecule has 0 aromatic carbocycles. The van der Waals surface area contributed by atoms with E-state index in [4.69, 9.17) is 13.3 Å². The van der Waals surface area contributed by atoms with Crippen molar-refractivity contribution in [2.75, 3.05) is 19.8 Å². The summed E-state index contributed by atoms with van der Waals surface area (Å²) in [5, 5.41) is 0. The molecule has 113 valence electrons. The second kappa shape index (κ2) is 9.92. The Bertz CT molecular complexity index is 200. The molecule has 0 aliphatic heterocycles. The van der Waals surface area contributed by atoms with Crippen molar-refractivity contribution in [3.8, 4) is 0 Å². The Morgan fingerprint density at radius 3 is 1.84 bits per heavy atom. The van der Waals surface area contributed by atoms with Crippen LogP contribution in [-0.2, 0) is 13.3 Å². The Balaban J connectivity index is 2.36. The standard InChI is InChI=1S/C15H31O3Si/c1-4-16-19(17-5-2,18-6-3)14-10-13-15-11-8-7-9-12-15/h4-14H2,1-3H3. The molecular formula is C15H31O3Si. The molecule has 1 radical (unpaired) electrons. The monoisotopic (exact) mass is 287 g/mol. The van der Waals surface area contributed by atoms with E-state index in [9.17, 15) is 0 Å². The Hall–Kier alpha value is 0.0969. The van der Waals surface area contributed by atoms with E-state index >= 15 is 0 Å². The molecule has 0 atom stereocenters. The van der Waals surface area contributed by atoms with Crippen molar-refractivity contribution in [3.05, 3.63) is 5.92 Å². The van der Waals surface area contributed by atoms with Gasteiger partial charge in [0.2, 0.25) is 0 Å². The van der Waals surface area contributed by atoms with Gasteiger partial charge < -0.3 is 13.3 Å². The van der Waals surface area contributed by atoms with Crippen LogP contribution >= 0.6 is 0 Å². The maximum atomic E-state index is 5.89. The summed E-state index contributed by atoms with van der Waals surface area (Å²) < 4.78 is 17.7. The lowest BCUT2D eigenvalue weighted by Crippen LogP contribution is -2.45. The van der Waals surface area contributed by atoms with Gasteiger partial charge in [-0.05, 0) is 52.4 Å². The first-order valence-electron chi connectivity index (χ1n) is 8.01. The molecule has 0 unspecified atom stereocenters. The molecule has 0 heterocycles. The molecule has 1 rings (SSSR count). The quantitative estimate of drug-likeness (QED) is 0.559. The molecule has 19 heavy (non-hydrogen) atoms. The van der Waals surface area contributed by atoms with E-state index in [1.165, 1.54) is 38.5 Å². The zero-order chi connectivity index (χ0) is 14.0. The van der Waals surface area contributed by atoms with E-state index < -0.39 is 8.80 Å². The van der Waals surface area contributed by atoms with Crippen LogP contribution in [-0.4, -0.2) is 28.6 Å². The Kier molecular flexibility index (Phi) is 8.95. The summed E-state index contributed by atoms with van der Waals surface area (Å²) >= 11 is 0. The van der Waals surface area contributed by atoms with Crippen LogP contribution in [0.2, 0.25) is 6.04 Å². The molecule has 0 aromatic rings.